The lowest BCUT2D eigenvalue weighted by atomic mass is 10.1. The summed E-state index contributed by atoms with van der Waals surface area (Å²) in [4.78, 5) is 42.4. The number of halogens is 1. The summed E-state index contributed by atoms with van der Waals surface area (Å²) in [6, 6.07) is 14.6. The molecule has 1 aliphatic rings. The first-order valence-electron chi connectivity index (χ1n) is 13.0. The predicted molar refractivity (Wildman–Crippen MR) is 147 cm³/mol. The van der Waals surface area contributed by atoms with Crippen molar-refractivity contribution in [2.24, 2.45) is 0 Å². The molecule has 0 radical (unpaired) electrons. The van der Waals surface area contributed by atoms with Crippen LogP contribution in [0.1, 0.15) is 72.1 Å². The van der Waals surface area contributed by atoms with Crippen molar-refractivity contribution in [1.82, 2.24) is 15.2 Å². The zero-order valence-electron chi connectivity index (χ0n) is 21.0. The molecule has 1 aromatic heterocycles. The molecule has 0 atom stereocenters. The molecule has 8 heteroatoms. The first-order chi connectivity index (χ1) is 18.0. The number of hydrogen-bond donors (Lipinski definition) is 2. The fourth-order valence-electron chi connectivity index (χ4n) is 4.61. The maximum atomic E-state index is 12.4. The van der Waals surface area contributed by atoms with Crippen LogP contribution in [0.4, 0.5) is 5.69 Å². The van der Waals surface area contributed by atoms with Gasteiger partial charge in [0.1, 0.15) is 0 Å². The van der Waals surface area contributed by atoms with Crippen LogP contribution in [0, 0.1) is 0 Å². The predicted octanol–water partition coefficient (Wildman–Crippen LogP) is 5.83. The van der Waals surface area contributed by atoms with Gasteiger partial charge < -0.3 is 10.6 Å². The molecule has 1 aliphatic heterocycles. The maximum Gasteiger partial charge on any atom is 0.261 e. The molecular formula is C29H33ClN4O3. The summed E-state index contributed by atoms with van der Waals surface area (Å²) >= 11 is 6.05. The number of unbranched alkanes of at least 4 members (excludes halogenated alkanes) is 5. The second-order valence-electron chi connectivity index (χ2n) is 9.33. The number of nitrogens with one attached hydrogen (secondary N) is 2. The summed E-state index contributed by atoms with van der Waals surface area (Å²) in [5.41, 5.74) is 2.87. The minimum atomic E-state index is -0.270. The highest BCUT2D eigenvalue weighted by Gasteiger charge is 2.34. The van der Waals surface area contributed by atoms with E-state index in [2.05, 4.69) is 15.6 Å². The van der Waals surface area contributed by atoms with Crippen molar-refractivity contribution < 1.29 is 14.4 Å². The number of carbonyl (C=O) groups excluding carboxylic acids is 3. The minimum absolute atomic E-state index is 0.0337. The Morgan fingerprint density at radius 1 is 0.838 bits per heavy atom. The van der Waals surface area contributed by atoms with Gasteiger partial charge in [-0.25, -0.2) is 0 Å². The van der Waals surface area contributed by atoms with Gasteiger partial charge in [-0.1, -0.05) is 49.4 Å². The standard InChI is InChI=1S/C29H33ClN4O3/c30-21-13-14-24-25(15-18-32-26(24)20-21)31-16-7-3-1-2-4-8-17-33-27(35)12-9-19-34-28(36)22-10-5-6-11-23(22)29(34)37/h5-6,10-11,13-15,18,20H,1-4,7-9,12,16-17,19H2,(H,31,32)(H,33,35). The van der Waals surface area contributed by atoms with Crippen LogP contribution in [0.3, 0.4) is 0 Å². The number of anilines is 1. The van der Waals surface area contributed by atoms with Crippen LogP contribution in [0.5, 0.6) is 0 Å². The number of amides is 3. The van der Waals surface area contributed by atoms with E-state index < -0.39 is 0 Å². The van der Waals surface area contributed by atoms with E-state index in [1.807, 2.05) is 24.3 Å². The Bertz CT molecular complexity index is 1230. The molecule has 2 N–H and O–H groups in total. The van der Waals surface area contributed by atoms with E-state index in [-0.39, 0.29) is 24.3 Å². The second kappa shape index (κ2) is 13.2. The zero-order chi connectivity index (χ0) is 26.0. The Morgan fingerprint density at radius 3 is 2.24 bits per heavy atom. The molecular weight excluding hydrogens is 488 g/mol. The van der Waals surface area contributed by atoms with Crippen LogP contribution < -0.4 is 10.6 Å². The van der Waals surface area contributed by atoms with Gasteiger partial charge in [0.15, 0.2) is 0 Å². The summed E-state index contributed by atoms with van der Waals surface area (Å²) in [7, 11) is 0. The molecule has 0 fully saturated rings. The average molecular weight is 521 g/mol. The number of imide groups is 1. The van der Waals surface area contributed by atoms with Crippen molar-refractivity contribution in [1.29, 1.82) is 0 Å². The van der Waals surface area contributed by atoms with Crippen molar-refractivity contribution in [3.8, 4) is 0 Å². The summed E-state index contributed by atoms with van der Waals surface area (Å²) in [5, 5.41) is 8.22. The molecule has 194 valence electrons. The number of rotatable bonds is 14. The summed E-state index contributed by atoms with van der Waals surface area (Å²) in [5.74, 6) is -0.574. The lowest BCUT2D eigenvalue weighted by Crippen LogP contribution is -2.32. The molecule has 37 heavy (non-hydrogen) atoms. The quantitative estimate of drug-likeness (QED) is 0.206. The van der Waals surface area contributed by atoms with Crippen molar-refractivity contribution in [3.05, 3.63) is 70.9 Å². The Labute approximate surface area is 222 Å². The molecule has 0 spiro atoms. The van der Waals surface area contributed by atoms with E-state index in [4.69, 9.17) is 11.6 Å². The van der Waals surface area contributed by atoms with Gasteiger partial charge in [-0.2, -0.15) is 0 Å². The molecule has 2 heterocycles. The van der Waals surface area contributed by atoms with Crippen molar-refractivity contribution >= 4 is 45.9 Å². The van der Waals surface area contributed by atoms with E-state index in [0.717, 1.165) is 55.2 Å². The van der Waals surface area contributed by atoms with Crippen molar-refractivity contribution in [2.75, 3.05) is 25.0 Å². The van der Waals surface area contributed by atoms with Gasteiger partial charge in [0.25, 0.3) is 11.8 Å². The lowest BCUT2D eigenvalue weighted by molar-refractivity contribution is -0.121. The van der Waals surface area contributed by atoms with E-state index in [1.165, 1.54) is 11.3 Å². The van der Waals surface area contributed by atoms with Crippen LogP contribution in [0.25, 0.3) is 10.9 Å². The zero-order valence-corrected chi connectivity index (χ0v) is 21.7. The van der Waals surface area contributed by atoms with Crippen LogP contribution >= 0.6 is 11.6 Å². The van der Waals surface area contributed by atoms with Crippen LogP contribution in [-0.2, 0) is 4.79 Å². The van der Waals surface area contributed by atoms with Gasteiger partial charge in [-0.15, -0.1) is 0 Å². The molecule has 3 amide bonds. The molecule has 0 bridgehead atoms. The number of fused-ring (bicyclic) bond motifs is 2. The van der Waals surface area contributed by atoms with Gasteiger partial charge in [-0.05, 0) is 55.7 Å². The third kappa shape index (κ3) is 7.07. The monoisotopic (exact) mass is 520 g/mol. The van der Waals surface area contributed by atoms with Crippen LogP contribution in [-0.4, -0.2) is 47.2 Å². The minimum Gasteiger partial charge on any atom is -0.384 e. The molecule has 0 saturated heterocycles. The third-order valence-corrected chi connectivity index (χ3v) is 6.84. The molecule has 4 rings (SSSR count). The molecule has 0 saturated carbocycles. The van der Waals surface area contributed by atoms with E-state index in [1.54, 1.807) is 30.5 Å². The number of aromatic nitrogens is 1. The van der Waals surface area contributed by atoms with Gasteiger partial charge in [0.05, 0.1) is 16.6 Å². The fourth-order valence-corrected chi connectivity index (χ4v) is 4.78. The third-order valence-electron chi connectivity index (χ3n) is 6.61. The number of pyridine rings is 1. The summed E-state index contributed by atoms with van der Waals surface area (Å²) in [6.07, 6.45) is 9.18. The highest BCUT2D eigenvalue weighted by molar-refractivity contribution is 6.31. The Balaban J connectivity index is 1.00. The van der Waals surface area contributed by atoms with Crippen LogP contribution in [0.15, 0.2) is 54.7 Å². The van der Waals surface area contributed by atoms with E-state index in [0.29, 0.717) is 35.5 Å². The fraction of sp³-hybridized carbons (Fsp3) is 0.379. The normalized spacial score (nSPS) is 12.7. The van der Waals surface area contributed by atoms with Crippen LogP contribution in [0.2, 0.25) is 5.02 Å². The highest BCUT2D eigenvalue weighted by Crippen LogP contribution is 2.25. The lowest BCUT2D eigenvalue weighted by Gasteiger charge is -2.13. The van der Waals surface area contributed by atoms with Crippen molar-refractivity contribution in [2.45, 2.75) is 51.4 Å². The number of hydrogen-bond acceptors (Lipinski definition) is 5. The molecule has 3 aromatic rings. The van der Waals surface area contributed by atoms with Gasteiger partial charge in [-0.3, -0.25) is 24.3 Å². The number of nitrogens with zero attached hydrogens (tertiary/aromatic N) is 2. The largest absolute Gasteiger partial charge is 0.384 e. The highest BCUT2D eigenvalue weighted by atomic mass is 35.5. The topological polar surface area (TPSA) is 91.4 Å². The van der Waals surface area contributed by atoms with Gasteiger partial charge in [0, 0.05) is 48.3 Å². The van der Waals surface area contributed by atoms with E-state index in [9.17, 15) is 14.4 Å². The molecule has 7 nitrogen and oxygen atoms in total. The second-order valence-corrected chi connectivity index (χ2v) is 9.77. The number of carbonyl (C=O) groups is 3. The first-order valence-corrected chi connectivity index (χ1v) is 13.4. The number of benzene rings is 2. The average Bonchev–Trinajstić information content (AvgIpc) is 3.14. The Morgan fingerprint density at radius 2 is 1.51 bits per heavy atom. The summed E-state index contributed by atoms with van der Waals surface area (Å²) < 4.78 is 0. The Kier molecular flexibility index (Phi) is 9.49. The van der Waals surface area contributed by atoms with Gasteiger partial charge in [0.2, 0.25) is 5.91 Å². The molecule has 2 aromatic carbocycles. The maximum absolute atomic E-state index is 12.4. The summed E-state index contributed by atoms with van der Waals surface area (Å²) in [6.45, 7) is 1.84. The van der Waals surface area contributed by atoms with E-state index >= 15 is 0 Å². The molecule has 0 aliphatic carbocycles. The van der Waals surface area contributed by atoms with Gasteiger partial charge >= 0.3 is 0 Å². The van der Waals surface area contributed by atoms with Crippen molar-refractivity contribution in [3.63, 3.8) is 0 Å². The SMILES string of the molecule is O=C(CCCN1C(=O)c2ccccc2C1=O)NCCCCCCCCNc1ccnc2cc(Cl)ccc12. The smallest absolute Gasteiger partial charge is 0.261 e. The Hall–Kier alpha value is -3.45. The first kappa shape index (κ1) is 26.6. The molecule has 0 unspecified atom stereocenters.